The van der Waals surface area contributed by atoms with Gasteiger partial charge in [-0.05, 0) is 18.8 Å². The summed E-state index contributed by atoms with van der Waals surface area (Å²) in [6.45, 7) is 0. The normalized spacial score (nSPS) is 23.7. The van der Waals surface area contributed by atoms with Crippen LogP contribution >= 0.6 is 23.2 Å². The SMILES string of the molecule is COc1ncc(Cl)c(NC2CCCC2CCl)n1. The Morgan fingerprint density at radius 3 is 3.06 bits per heavy atom. The van der Waals surface area contributed by atoms with Gasteiger partial charge < -0.3 is 10.1 Å². The zero-order valence-electron chi connectivity index (χ0n) is 9.62. The molecule has 6 heteroatoms. The van der Waals surface area contributed by atoms with E-state index in [-0.39, 0.29) is 0 Å². The average molecular weight is 276 g/mol. The van der Waals surface area contributed by atoms with Crippen molar-refractivity contribution < 1.29 is 4.74 Å². The van der Waals surface area contributed by atoms with Gasteiger partial charge in [0.1, 0.15) is 5.02 Å². The zero-order chi connectivity index (χ0) is 12.3. The lowest BCUT2D eigenvalue weighted by Gasteiger charge is -2.20. The fourth-order valence-corrected chi connectivity index (χ4v) is 2.65. The first kappa shape index (κ1) is 12.7. The molecule has 0 aromatic carbocycles. The maximum Gasteiger partial charge on any atom is 0.318 e. The van der Waals surface area contributed by atoms with Crippen LogP contribution in [0.4, 0.5) is 5.82 Å². The Labute approximate surface area is 111 Å². The van der Waals surface area contributed by atoms with Gasteiger partial charge in [0.2, 0.25) is 0 Å². The maximum absolute atomic E-state index is 6.05. The molecule has 0 bridgehead atoms. The van der Waals surface area contributed by atoms with Crippen LogP contribution in [0, 0.1) is 5.92 Å². The summed E-state index contributed by atoms with van der Waals surface area (Å²) in [5.74, 6) is 1.77. The Morgan fingerprint density at radius 1 is 1.53 bits per heavy atom. The fourth-order valence-electron chi connectivity index (χ4n) is 2.14. The Morgan fingerprint density at radius 2 is 2.35 bits per heavy atom. The highest BCUT2D eigenvalue weighted by Gasteiger charge is 2.27. The van der Waals surface area contributed by atoms with Crippen LogP contribution in [0.25, 0.3) is 0 Å². The summed E-state index contributed by atoms with van der Waals surface area (Å²) in [4.78, 5) is 8.14. The van der Waals surface area contributed by atoms with Crippen molar-refractivity contribution in [3.05, 3.63) is 11.2 Å². The highest BCUT2D eigenvalue weighted by Crippen LogP contribution is 2.31. The molecule has 1 aromatic rings. The van der Waals surface area contributed by atoms with Crippen LogP contribution in [0.1, 0.15) is 19.3 Å². The van der Waals surface area contributed by atoms with Crippen LogP contribution in [0.5, 0.6) is 6.01 Å². The van der Waals surface area contributed by atoms with Crippen molar-refractivity contribution >= 4 is 29.0 Å². The topological polar surface area (TPSA) is 47.0 Å². The van der Waals surface area contributed by atoms with E-state index in [1.165, 1.54) is 13.5 Å². The van der Waals surface area contributed by atoms with Crippen molar-refractivity contribution in [2.45, 2.75) is 25.3 Å². The number of methoxy groups -OCH3 is 1. The van der Waals surface area contributed by atoms with Crippen LogP contribution in [0.2, 0.25) is 5.02 Å². The number of rotatable bonds is 4. The van der Waals surface area contributed by atoms with E-state index in [0.29, 0.717) is 34.7 Å². The molecule has 1 fully saturated rings. The molecular formula is C11H15Cl2N3O. The molecule has 2 atom stereocenters. The van der Waals surface area contributed by atoms with Gasteiger partial charge in [-0.15, -0.1) is 11.6 Å². The van der Waals surface area contributed by atoms with Gasteiger partial charge in [-0.1, -0.05) is 18.0 Å². The van der Waals surface area contributed by atoms with Crippen molar-refractivity contribution in [1.82, 2.24) is 9.97 Å². The highest BCUT2D eigenvalue weighted by atomic mass is 35.5. The lowest BCUT2D eigenvalue weighted by molar-refractivity contribution is 0.380. The molecule has 1 aliphatic rings. The van der Waals surface area contributed by atoms with E-state index in [1.807, 2.05) is 0 Å². The summed E-state index contributed by atoms with van der Waals surface area (Å²) in [7, 11) is 1.53. The number of anilines is 1. The standard InChI is InChI=1S/C11H15Cl2N3O/c1-17-11-14-6-8(13)10(16-11)15-9-4-2-3-7(9)5-12/h6-7,9H,2-5H2,1H3,(H,14,15,16). The van der Waals surface area contributed by atoms with Crippen molar-refractivity contribution in [1.29, 1.82) is 0 Å². The Balaban J connectivity index is 2.12. The van der Waals surface area contributed by atoms with Crippen LogP contribution in [0.3, 0.4) is 0 Å². The number of aromatic nitrogens is 2. The van der Waals surface area contributed by atoms with E-state index in [0.717, 1.165) is 12.8 Å². The summed E-state index contributed by atoms with van der Waals surface area (Å²) in [6, 6.07) is 0.655. The molecule has 1 heterocycles. The quantitative estimate of drug-likeness (QED) is 0.859. The van der Waals surface area contributed by atoms with Crippen LogP contribution in [0.15, 0.2) is 6.20 Å². The lowest BCUT2D eigenvalue weighted by atomic mass is 10.1. The average Bonchev–Trinajstić information content (AvgIpc) is 2.79. The van der Waals surface area contributed by atoms with Crippen LogP contribution in [-0.2, 0) is 0 Å². The van der Waals surface area contributed by atoms with Gasteiger partial charge in [0.15, 0.2) is 5.82 Å². The van der Waals surface area contributed by atoms with Gasteiger partial charge in [-0.3, -0.25) is 0 Å². The minimum atomic E-state index is 0.317. The zero-order valence-corrected chi connectivity index (χ0v) is 11.1. The molecule has 1 saturated carbocycles. The third kappa shape index (κ3) is 2.93. The minimum absolute atomic E-state index is 0.317. The second-order valence-corrected chi connectivity index (χ2v) is 4.87. The summed E-state index contributed by atoms with van der Waals surface area (Å²) < 4.78 is 4.98. The van der Waals surface area contributed by atoms with Gasteiger partial charge in [0, 0.05) is 11.9 Å². The van der Waals surface area contributed by atoms with Crippen molar-refractivity contribution in [2.24, 2.45) is 5.92 Å². The lowest BCUT2D eigenvalue weighted by Crippen LogP contribution is -2.25. The third-order valence-electron chi connectivity index (χ3n) is 3.08. The minimum Gasteiger partial charge on any atom is -0.467 e. The second-order valence-electron chi connectivity index (χ2n) is 4.15. The first-order valence-corrected chi connectivity index (χ1v) is 6.55. The molecule has 1 aliphatic carbocycles. The number of alkyl halides is 1. The molecule has 2 unspecified atom stereocenters. The van der Waals surface area contributed by atoms with E-state index in [4.69, 9.17) is 27.9 Å². The van der Waals surface area contributed by atoms with Gasteiger partial charge in [-0.2, -0.15) is 4.98 Å². The highest BCUT2D eigenvalue weighted by molar-refractivity contribution is 6.32. The van der Waals surface area contributed by atoms with Crippen molar-refractivity contribution in [3.63, 3.8) is 0 Å². The van der Waals surface area contributed by atoms with E-state index in [1.54, 1.807) is 6.20 Å². The molecule has 0 saturated heterocycles. The summed E-state index contributed by atoms with van der Waals surface area (Å²) >= 11 is 12.0. The fraction of sp³-hybridized carbons (Fsp3) is 0.636. The summed E-state index contributed by atoms with van der Waals surface area (Å²) in [6.07, 6.45) is 4.98. The van der Waals surface area contributed by atoms with Crippen molar-refractivity contribution in [3.8, 4) is 6.01 Å². The van der Waals surface area contributed by atoms with Gasteiger partial charge >= 0.3 is 6.01 Å². The predicted molar refractivity (Wildman–Crippen MR) is 69.1 cm³/mol. The monoisotopic (exact) mass is 275 g/mol. The number of ether oxygens (including phenoxy) is 1. The smallest absolute Gasteiger partial charge is 0.318 e. The molecule has 1 aromatic heterocycles. The Hall–Kier alpha value is -0.740. The van der Waals surface area contributed by atoms with Gasteiger partial charge in [0.05, 0.1) is 13.3 Å². The molecule has 94 valence electrons. The molecule has 0 amide bonds. The summed E-state index contributed by atoms with van der Waals surface area (Å²) in [5, 5.41) is 3.84. The molecule has 17 heavy (non-hydrogen) atoms. The molecule has 0 radical (unpaired) electrons. The largest absolute Gasteiger partial charge is 0.467 e. The second kappa shape index (κ2) is 5.74. The molecule has 0 aliphatic heterocycles. The van der Waals surface area contributed by atoms with Gasteiger partial charge in [-0.25, -0.2) is 4.98 Å². The first-order valence-electron chi connectivity index (χ1n) is 5.63. The van der Waals surface area contributed by atoms with E-state index in [2.05, 4.69) is 15.3 Å². The Bertz CT molecular complexity index is 389. The van der Waals surface area contributed by atoms with Crippen LogP contribution < -0.4 is 10.1 Å². The molecule has 2 rings (SSSR count). The molecule has 1 N–H and O–H groups in total. The first-order chi connectivity index (χ1) is 8.24. The third-order valence-corrected chi connectivity index (χ3v) is 3.76. The van der Waals surface area contributed by atoms with Crippen molar-refractivity contribution in [2.75, 3.05) is 18.3 Å². The number of nitrogens with one attached hydrogen (secondary N) is 1. The van der Waals surface area contributed by atoms with Crippen LogP contribution in [-0.4, -0.2) is 29.0 Å². The predicted octanol–water partition coefficient (Wildman–Crippen LogP) is 2.96. The molecular weight excluding hydrogens is 261 g/mol. The number of hydrogen-bond acceptors (Lipinski definition) is 4. The maximum atomic E-state index is 6.05. The van der Waals surface area contributed by atoms with E-state index in [9.17, 15) is 0 Å². The molecule has 4 nitrogen and oxygen atoms in total. The van der Waals surface area contributed by atoms with E-state index >= 15 is 0 Å². The van der Waals surface area contributed by atoms with E-state index < -0.39 is 0 Å². The number of nitrogens with zero attached hydrogens (tertiary/aromatic N) is 2. The molecule has 0 spiro atoms. The number of halogens is 2. The summed E-state index contributed by atoms with van der Waals surface area (Å²) in [5.41, 5.74) is 0. The number of hydrogen-bond donors (Lipinski definition) is 1. The Kier molecular flexibility index (Phi) is 4.29. The van der Waals surface area contributed by atoms with Gasteiger partial charge in [0.25, 0.3) is 0 Å².